The van der Waals surface area contributed by atoms with Crippen LogP contribution in [0.25, 0.3) is 0 Å². The number of hydrogen-bond acceptors (Lipinski definition) is 6. The third kappa shape index (κ3) is 7.80. The van der Waals surface area contributed by atoms with Crippen molar-refractivity contribution in [2.45, 2.75) is 25.7 Å². The maximum Gasteiger partial charge on any atom is 0.314 e. The van der Waals surface area contributed by atoms with Gasteiger partial charge in [0.05, 0.1) is 39.2 Å². The van der Waals surface area contributed by atoms with E-state index in [4.69, 9.17) is 4.74 Å². The molecule has 1 fully saturated rings. The molecule has 0 heterocycles. The molecule has 1 rings (SSSR count). The molecule has 0 aromatic heterocycles. The third-order valence-electron chi connectivity index (χ3n) is 3.97. The molecule has 0 amide bonds. The Labute approximate surface area is 147 Å². The summed E-state index contributed by atoms with van der Waals surface area (Å²) in [7, 11) is 2.67. The highest BCUT2D eigenvalue weighted by Gasteiger charge is 2.37. The second-order valence-corrected chi connectivity index (χ2v) is 5.52. The molecular formula is C18H26O7. The SMILES string of the molecule is C=COC(=O)C1CC(/C=C/CC(=O)OC)CC1/C=C/CC(=O)OC.O. The molecule has 1 saturated carbocycles. The van der Waals surface area contributed by atoms with E-state index in [0.29, 0.717) is 6.42 Å². The largest absolute Gasteiger partial charge is 0.469 e. The van der Waals surface area contributed by atoms with Crippen molar-refractivity contribution < 1.29 is 34.1 Å². The van der Waals surface area contributed by atoms with Crippen molar-refractivity contribution in [1.82, 2.24) is 0 Å². The van der Waals surface area contributed by atoms with E-state index in [1.165, 1.54) is 14.2 Å². The fourth-order valence-electron chi connectivity index (χ4n) is 2.78. The highest BCUT2D eigenvalue weighted by Crippen LogP contribution is 2.39. The lowest BCUT2D eigenvalue weighted by Crippen LogP contribution is -2.18. The molecule has 140 valence electrons. The van der Waals surface area contributed by atoms with Gasteiger partial charge in [-0.05, 0) is 24.7 Å². The van der Waals surface area contributed by atoms with Crippen LogP contribution in [0, 0.1) is 17.8 Å². The van der Waals surface area contributed by atoms with E-state index in [2.05, 4.69) is 16.1 Å². The number of hydrogen-bond donors (Lipinski definition) is 0. The zero-order valence-corrected chi connectivity index (χ0v) is 14.6. The Morgan fingerprint density at radius 2 is 1.56 bits per heavy atom. The maximum atomic E-state index is 12.1. The van der Waals surface area contributed by atoms with Crippen molar-refractivity contribution in [1.29, 1.82) is 0 Å². The molecule has 0 aliphatic heterocycles. The standard InChI is InChI=1S/C18H24O6.H2O/c1-4-24-18(21)15-12-13(7-5-9-16(19)22-2)11-14(15)8-6-10-17(20)23-3;/h4-8,13-15H,1,9-12H2,2-3H3;1H2/b7-5+,8-6+;. The zero-order valence-electron chi connectivity index (χ0n) is 14.6. The van der Waals surface area contributed by atoms with E-state index in [-0.39, 0.29) is 54.0 Å². The van der Waals surface area contributed by atoms with Gasteiger partial charge in [0.1, 0.15) is 0 Å². The van der Waals surface area contributed by atoms with Crippen LogP contribution in [-0.2, 0) is 28.6 Å². The second-order valence-electron chi connectivity index (χ2n) is 5.52. The van der Waals surface area contributed by atoms with E-state index in [1.54, 1.807) is 12.2 Å². The van der Waals surface area contributed by atoms with Crippen molar-refractivity contribution in [2.75, 3.05) is 14.2 Å². The molecule has 0 aromatic rings. The lowest BCUT2D eigenvalue weighted by molar-refractivity contribution is -0.143. The molecule has 2 N–H and O–H groups in total. The Hall–Kier alpha value is -2.41. The monoisotopic (exact) mass is 354 g/mol. The van der Waals surface area contributed by atoms with Gasteiger partial charge in [0.2, 0.25) is 0 Å². The minimum atomic E-state index is -0.332. The molecule has 0 radical (unpaired) electrons. The van der Waals surface area contributed by atoms with E-state index in [1.807, 2.05) is 12.2 Å². The summed E-state index contributed by atoms with van der Waals surface area (Å²) in [6.45, 7) is 3.40. The molecule has 0 spiro atoms. The minimum Gasteiger partial charge on any atom is -0.469 e. The van der Waals surface area contributed by atoms with Crippen LogP contribution in [0.5, 0.6) is 0 Å². The van der Waals surface area contributed by atoms with Gasteiger partial charge in [-0.2, -0.15) is 0 Å². The van der Waals surface area contributed by atoms with Gasteiger partial charge in [0, 0.05) is 0 Å². The van der Waals surface area contributed by atoms with Crippen molar-refractivity contribution in [3.8, 4) is 0 Å². The second kappa shape index (κ2) is 12.0. The molecular weight excluding hydrogens is 328 g/mol. The predicted molar refractivity (Wildman–Crippen MR) is 91.2 cm³/mol. The first-order chi connectivity index (χ1) is 11.5. The summed E-state index contributed by atoms with van der Waals surface area (Å²) >= 11 is 0. The van der Waals surface area contributed by atoms with Gasteiger partial charge in [-0.3, -0.25) is 14.4 Å². The summed E-state index contributed by atoms with van der Waals surface area (Å²) in [5.74, 6) is -1.14. The smallest absolute Gasteiger partial charge is 0.314 e. The number of rotatable bonds is 8. The first-order valence-electron chi connectivity index (χ1n) is 7.80. The van der Waals surface area contributed by atoms with Crippen molar-refractivity contribution in [3.05, 3.63) is 37.1 Å². The van der Waals surface area contributed by atoms with Gasteiger partial charge in [-0.1, -0.05) is 30.9 Å². The maximum absolute atomic E-state index is 12.1. The van der Waals surface area contributed by atoms with E-state index in [9.17, 15) is 14.4 Å². The quantitative estimate of drug-likeness (QED) is 0.284. The van der Waals surface area contributed by atoms with Crippen LogP contribution in [0.15, 0.2) is 37.1 Å². The van der Waals surface area contributed by atoms with Crippen molar-refractivity contribution in [2.24, 2.45) is 17.8 Å². The summed E-state index contributed by atoms with van der Waals surface area (Å²) in [4.78, 5) is 34.4. The van der Waals surface area contributed by atoms with Gasteiger partial charge < -0.3 is 19.7 Å². The Morgan fingerprint density at radius 3 is 2.08 bits per heavy atom. The molecule has 3 atom stereocenters. The normalized spacial score (nSPS) is 22.4. The minimum absolute atomic E-state index is 0. The molecule has 1 aliphatic rings. The van der Waals surface area contributed by atoms with E-state index < -0.39 is 0 Å². The van der Waals surface area contributed by atoms with Crippen LogP contribution in [0.2, 0.25) is 0 Å². The number of carbonyl (C=O) groups excluding carboxylic acids is 3. The van der Waals surface area contributed by atoms with Crippen molar-refractivity contribution >= 4 is 17.9 Å². The number of carbonyl (C=O) groups is 3. The Bertz CT molecular complexity index is 522. The summed E-state index contributed by atoms with van der Waals surface area (Å²) in [5, 5.41) is 0. The zero-order chi connectivity index (χ0) is 17.9. The highest BCUT2D eigenvalue weighted by molar-refractivity contribution is 5.74. The molecule has 7 heteroatoms. The summed E-state index contributed by atoms with van der Waals surface area (Å²) in [6.07, 6.45) is 10.1. The van der Waals surface area contributed by atoms with Crippen LogP contribution < -0.4 is 0 Å². The van der Waals surface area contributed by atoms with Gasteiger partial charge in [-0.15, -0.1) is 0 Å². The fourth-order valence-corrected chi connectivity index (χ4v) is 2.78. The van der Waals surface area contributed by atoms with E-state index in [0.717, 1.165) is 12.7 Å². The van der Waals surface area contributed by atoms with Gasteiger partial charge in [-0.25, -0.2) is 0 Å². The molecule has 7 nitrogen and oxygen atoms in total. The predicted octanol–water partition coefficient (Wildman–Crippen LogP) is 1.73. The Kier molecular flexibility index (Phi) is 10.9. The van der Waals surface area contributed by atoms with Gasteiger partial charge in [0.25, 0.3) is 0 Å². The first-order valence-corrected chi connectivity index (χ1v) is 7.80. The molecule has 3 unspecified atom stereocenters. The Morgan fingerprint density at radius 1 is 1.00 bits per heavy atom. The number of ether oxygens (including phenoxy) is 3. The Balaban J connectivity index is 0.00000576. The van der Waals surface area contributed by atoms with Gasteiger partial charge >= 0.3 is 17.9 Å². The average Bonchev–Trinajstić information content (AvgIpc) is 2.97. The highest BCUT2D eigenvalue weighted by atomic mass is 16.5. The lowest BCUT2D eigenvalue weighted by atomic mass is 9.95. The lowest BCUT2D eigenvalue weighted by Gasteiger charge is -2.13. The molecule has 25 heavy (non-hydrogen) atoms. The number of allylic oxidation sites excluding steroid dienone is 2. The third-order valence-corrected chi connectivity index (χ3v) is 3.97. The molecule has 1 aliphatic carbocycles. The summed E-state index contributed by atoms with van der Waals surface area (Å²) in [6, 6.07) is 0. The molecule has 0 bridgehead atoms. The fraction of sp³-hybridized carbons (Fsp3) is 0.500. The van der Waals surface area contributed by atoms with Crippen LogP contribution in [0.1, 0.15) is 25.7 Å². The average molecular weight is 354 g/mol. The first kappa shape index (κ1) is 22.6. The van der Waals surface area contributed by atoms with Crippen LogP contribution in [0.3, 0.4) is 0 Å². The number of esters is 3. The summed E-state index contributed by atoms with van der Waals surface area (Å²) in [5.41, 5.74) is 0. The molecule has 0 aromatic carbocycles. The van der Waals surface area contributed by atoms with E-state index >= 15 is 0 Å². The van der Waals surface area contributed by atoms with Crippen molar-refractivity contribution in [3.63, 3.8) is 0 Å². The van der Waals surface area contributed by atoms with Crippen LogP contribution in [0.4, 0.5) is 0 Å². The van der Waals surface area contributed by atoms with Gasteiger partial charge in [0.15, 0.2) is 0 Å². The summed E-state index contributed by atoms with van der Waals surface area (Å²) < 4.78 is 14.1. The topological polar surface area (TPSA) is 110 Å². The van der Waals surface area contributed by atoms with Crippen LogP contribution >= 0.6 is 0 Å². The van der Waals surface area contributed by atoms with Crippen LogP contribution in [-0.4, -0.2) is 37.6 Å². The molecule has 0 saturated heterocycles. The number of methoxy groups -OCH3 is 2.